The van der Waals surface area contributed by atoms with Crippen molar-refractivity contribution >= 4 is 29.3 Å². The summed E-state index contributed by atoms with van der Waals surface area (Å²) in [4.78, 5) is 25.2. The molecule has 1 fully saturated rings. The fraction of sp³-hybridized carbons (Fsp3) is 0.429. The largest absolute Gasteiger partial charge is 0.480 e. The summed E-state index contributed by atoms with van der Waals surface area (Å²) in [5, 5.41) is 9.07. The van der Waals surface area contributed by atoms with Crippen LogP contribution in [0.2, 0.25) is 0 Å². The molecule has 1 aromatic carbocycles. The van der Waals surface area contributed by atoms with Crippen molar-refractivity contribution < 1.29 is 19.1 Å². The quantitative estimate of drug-likeness (QED) is 0.833. The summed E-state index contributed by atoms with van der Waals surface area (Å²) in [6, 6.07) is 2.92. The van der Waals surface area contributed by atoms with Gasteiger partial charge in [0.1, 0.15) is 11.9 Å². The van der Waals surface area contributed by atoms with Crippen LogP contribution in [0.3, 0.4) is 0 Å². The zero-order valence-electron chi connectivity index (χ0n) is 11.6. The van der Waals surface area contributed by atoms with Gasteiger partial charge in [0.2, 0.25) is 0 Å². The first-order chi connectivity index (χ1) is 9.95. The number of aliphatic carboxylic acids is 1. The second-order valence-electron chi connectivity index (χ2n) is 4.88. The Morgan fingerprint density at radius 3 is 2.81 bits per heavy atom. The van der Waals surface area contributed by atoms with Gasteiger partial charge in [-0.3, -0.25) is 4.79 Å². The van der Waals surface area contributed by atoms with Gasteiger partial charge in [0.15, 0.2) is 0 Å². The monoisotopic (exact) mass is 312 g/mol. The molecule has 21 heavy (non-hydrogen) atoms. The maximum atomic E-state index is 13.5. The van der Waals surface area contributed by atoms with Gasteiger partial charge in [-0.2, -0.15) is 0 Å². The lowest BCUT2D eigenvalue weighted by atomic mass is 10.1. The summed E-state index contributed by atoms with van der Waals surface area (Å²) in [6.45, 7) is 1.97. The topological polar surface area (TPSA) is 83.6 Å². The molecule has 1 aromatic rings. The van der Waals surface area contributed by atoms with Crippen LogP contribution in [-0.4, -0.2) is 39.1 Å². The van der Waals surface area contributed by atoms with E-state index in [1.807, 2.05) is 6.92 Å². The molecule has 0 spiro atoms. The number of carboxylic acid groups (broad SMARTS) is 1. The molecule has 0 saturated carbocycles. The molecule has 0 bridgehead atoms. The van der Waals surface area contributed by atoms with Crippen LogP contribution in [0, 0.1) is 5.82 Å². The lowest BCUT2D eigenvalue weighted by Gasteiger charge is -2.27. The van der Waals surface area contributed by atoms with Crippen LogP contribution in [0.1, 0.15) is 30.1 Å². The minimum Gasteiger partial charge on any atom is -0.480 e. The van der Waals surface area contributed by atoms with Crippen LogP contribution in [0.25, 0.3) is 0 Å². The number of halogens is 1. The average Bonchev–Trinajstić information content (AvgIpc) is 2.85. The van der Waals surface area contributed by atoms with Gasteiger partial charge in [0.05, 0.1) is 11.1 Å². The second kappa shape index (κ2) is 6.34. The van der Waals surface area contributed by atoms with Crippen LogP contribution in [0.5, 0.6) is 0 Å². The Kier molecular flexibility index (Phi) is 4.72. The molecule has 2 atom stereocenters. The number of benzene rings is 1. The zero-order chi connectivity index (χ0) is 15.6. The Balaban J connectivity index is 2.31. The summed E-state index contributed by atoms with van der Waals surface area (Å²) in [5.41, 5.74) is 5.48. The van der Waals surface area contributed by atoms with Crippen LogP contribution in [0.15, 0.2) is 18.2 Å². The molecule has 1 saturated heterocycles. The fourth-order valence-electron chi connectivity index (χ4n) is 2.30. The van der Waals surface area contributed by atoms with Gasteiger partial charge in [0.25, 0.3) is 5.91 Å². The van der Waals surface area contributed by atoms with Gasteiger partial charge in [-0.1, -0.05) is 13.3 Å². The molecule has 5 nitrogen and oxygen atoms in total. The van der Waals surface area contributed by atoms with E-state index in [0.29, 0.717) is 12.2 Å². The van der Waals surface area contributed by atoms with E-state index in [1.165, 1.54) is 28.8 Å². The standard InChI is InChI=1S/C14H17FN2O3S/c1-2-3-12-17(11(7-21-12)14(19)20)13(18)8-4-5-10(16)9(15)6-8/h4-6,11-12H,2-3,7,16H2,1H3,(H,19,20). The van der Waals surface area contributed by atoms with Crippen molar-refractivity contribution in [3.63, 3.8) is 0 Å². The highest BCUT2D eigenvalue weighted by Gasteiger charge is 2.41. The molecule has 3 N–H and O–H groups in total. The lowest BCUT2D eigenvalue weighted by molar-refractivity contribution is -0.141. The first kappa shape index (κ1) is 15.6. The molecule has 114 valence electrons. The van der Waals surface area contributed by atoms with Crippen LogP contribution < -0.4 is 5.73 Å². The lowest BCUT2D eigenvalue weighted by Crippen LogP contribution is -2.45. The van der Waals surface area contributed by atoms with Crippen molar-refractivity contribution in [2.45, 2.75) is 31.2 Å². The van der Waals surface area contributed by atoms with Crippen molar-refractivity contribution in [1.82, 2.24) is 4.90 Å². The fourth-order valence-corrected chi connectivity index (χ4v) is 3.82. The number of thioether (sulfide) groups is 1. The van der Waals surface area contributed by atoms with Crippen molar-refractivity contribution in [2.24, 2.45) is 0 Å². The molecule has 0 radical (unpaired) electrons. The highest BCUT2D eigenvalue weighted by Crippen LogP contribution is 2.33. The molecule has 0 aliphatic carbocycles. The number of carboxylic acids is 1. The molecule has 2 rings (SSSR count). The Hall–Kier alpha value is -1.76. The number of hydrogen-bond acceptors (Lipinski definition) is 4. The highest BCUT2D eigenvalue weighted by atomic mass is 32.2. The molecule has 0 aromatic heterocycles. The molecular formula is C14H17FN2O3S. The summed E-state index contributed by atoms with van der Waals surface area (Å²) in [5.74, 6) is -1.83. The Morgan fingerprint density at radius 1 is 1.52 bits per heavy atom. The smallest absolute Gasteiger partial charge is 0.327 e. The Morgan fingerprint density at radius 2 is 2.24 bits per heavy atom. The van der Waals surface area contributed by atoms with E-state index in [4.69, 9.17) is 5.73 Å². The number of amides is 1. The van der Waals surface area contributed by atoms with E-state index >= 15 is 0 Å². The van der Waals surface area contributed by atoms with E-state index in [-0.39, 0.29) is 16.6 Å². The minimum atomic E-state index is -1.04. The molecular weight excluding hydrogens is 295 g/mol. The maximum Gasteiger partial charge on any atom is 0.327 e. The maximum absolute atomic E-state index is 13.5. The van der Waals surface area contributed by atoms with Crippen LogP contribution >= 0.6 is 11.8 Å². The number of carbonyl (C=O) groups is 2. The second-order valence-corrected chi connectivity index (χ2v) is 6.09. The van der Waals surface area contributed by atoms with Gasteiger partial charge in [0, 0.05) is 11.3 Å². The molecule has 1 aliphatic heterocycles. The number of nitrogens with zero attached hydrogens (tertiary/aromatic N) is 1. The summed E-state index contributed by atoms with van der Waals surface area (Å²) in [7, 11) is 0. The van der Waals surface area contributed by atoms with Crippen molar-refractivity contribution in [3.8, 4) is 0 Å². The summed E-state index contributed by atoms with van der Waals surface area (Å²) >= 11 is 1.45. The number of anilines is 1. The van der Waals surface area contributed by atoms with Gasteiger partial charge in [-0.05, 0) is 24.6 Å². The Bertz CT molecular complexity index is 567. The highest BCUT2D eigenvalue weighted by molar-refractivity contribution is 8.00. The SMILES string of the molecule is CCCC1SCC(C(=O)O)N1C(=O)c1ccc(N)c(F)c1. The number of nitrogen functional groups attached to an aromatic ring is 1. The van der Waals surface area contributed by atoms with Crippen molar-refractivity contribution in [3.05, 3.63) is 29.6 Å². The Labute approximate surface area is 126 Å². The third-order valence-corrected chi connectivity index (χ3v) is 4.75. The van der Waals surface area contributed by atoms with Crippen LogP contribution in [-0.2, 0) is 4.79 Å². The third kappa shape index (κ3) is 3.12. The predicted molar refractivity (Wildman–Crippen MR) is 79.6 cm³/mol. The van der Waals surface area contributed by atoms with Crippen molar-refractivity contribution in [1.29, 1.82) is 0 Å². The molecule has 2 unspecified atom stereocenters. The zero-order valence-corrected chi connectivity index (χ0v) is 12.4. The summed E-state index contributed by atoms with van der Waals surface area (Å²) in [6.07, 6.45) is 1.54. The number of hydrogen-bond donors (Lipinski definition) is 2. The van der Waals surface area contributed by atoms with E-state index in [2.05, 4.69) is 0 Å². The van der Waals surface area contributed by atoms with E-state index in [9.17, 15) is 19.1 Å². The number of nitrogens with two attached hydrogens (primary N) is 1. The third-order valence-electron chi connectivity index (χ3n) is 3.40. The number of rotatable bonds is 4. The normalized spacial score (nSPS) is 21.5. The molecule has 1 aliphatic rings. The van der Waals surface area contributed by atoms with Gasteiger partial charge in [-0.25, -0.2) is 9.18 Å². The van der Waals surface area contributed by atoms with Gasteiger partial charge >= 0.3 is 5.97 Å². The van der Waals surface area contributed by atoms with E-state index < -0.39 is 23.7 Å². The van der Waals surface area contributed by atoms with Crippen molar-refractivity contribution in [2.75, 3.05) is 11.5 Å². The summed E-state index contributed by atoms with van der Waals surface area (Å²) < 4.78 is 13.5. The average molecular weight is 312 g/mol. The van der Waals surface area contributed by atoms with E-state index in [1.54, 1.807) is 0 Å². The molecule has 1 heterocycles. The number of carbonyl (C=O) groups excluding carboxylic acids is 1. The van der Waals surface area contributed by atoms with Gasteiger partial charge in [-0.15, -0.1) is 11.8 Å². The van der Waals surface area contributed by atoms with E-state index in [0.717, 1.165) is 12.5 Å². The first-order valence-electron chi connectivity index (χ1n) is 6.67. The van der Waals surface area contributed by atoms with Gasteiger partial charge < -0.3 is 15.7 Å². The first-order valence-corrected chi connectivity index (χ1v) is 7.72. The molecule has 7 heteroatoms. The van der Waals surface area contributed by atoms with Crippen LogP contribution in [0.4, 0.5) is 10.1 Å². The minimum absolute atomic E-state index is 0.0396. The predicted octanol–water partition coefficient (Wildman–Crippen LogP) is 2.18. The molecule has 1 amide bonds.